The van der Waals surface area contributed by atoms with E-state index in [-0.39, 0.29) is 64.0 Å². The molecule has 0 aliphatic carbocycles. The molecular weight excluding hydrogens is 348 g/mol. The number of amides is 4. The Balaban J connectivity index is 1.43. The first-order chi connectivity index (χ1) is 12.5. The molecule has 2 rings (SSSR count). The first kappa shape index (κ1) is 19.7. The molecule has 0 saturated carbocycles. The summed E-state index contributed by atoms with van der Waals surface area (Å²) in [6.45, 7) is 1.26. The Hall–Kier alpha value is -2.59. The molecule has 2 heterocycles. The summed E-state index contributed by atoms with van der Waals surface area (Å²) in [6, 6.07) is 0. The van der Waals surface area contributed by atoms with Crippen LogP contribution in [0.1, 0.15) is 25.7 Å². The van der Waals surface area contributed by atoms with Crippen LogP contribution >= 0.6 is 0 Å². The molecule has 0 radical (unpaired) electrons. The molecule has 4 amide bonds. The molecule has 0 N–H and O–H groups in total. The topological polar surface area (TPSA) is 120 Å². The summed E-state index contributed by atoms with van der Waals surface area (Å²) in [5.41, 5.74) is 0. The fourth-order valence-electron chi connectivity index (χ4n) is 2.25. The van der Waals surface area contributed by atoms with Crippen molar-refractivity contribution in [3.8, 4) is 0 Å². The smallest absolute Gasteiger partial charge is 0.333 e. The molecular formula is C16H20N2O8. The van der Waals surface area contributed by atoms with Crippen LogP contribution in [0.15, 0.2) is 12.2 Å². The Labute approximate surface area is 149 Å². The van der Waals surface area contributed by atoms with E-state index in [1.54, 1.807) is 0 Å². The molecule has 1 saturated heterocycles. The van der Waals surface area contributed by atoms with E-state index >= 15 is 0 Å². The van der Waals surface area contributed by atoms with Crippen molar-refractivity contribution in [2.24, 2.45) is 0 Å². The molecule has 0 aromatic heterocycles. The molecule has 1 fully saturated rings. The molecule has 26 heavy (non-hydrogen) atoms. The first-order valence-electron chi connectivity index (χ1n) is 8.24. The van der Waals surface area contributed by atoms with Crippen molar-refractivity contribution < 1.29 is 38.3 Å². The van der Waals surface area contributed by atoms with Crippen LogP contribution in [0, 0.1) is 0 Å². The molecule has 0 aromatic rings. The van der Waals surface area contributed by atoms with Crippen LogP contribution in [0.2, 0.25) is 0 Å². The van der Waals surface area contributed by atoms with Crippen LogP contribution in [0.5, 0.6) is 0 Å². The van der Waals surface area contributed by atoms with Crippen LogP contribution in [0.3, 0.4) is 0 Å². The van der Waals surface area contributed by atoms with Gasteiger partial charge in [-0.2, -0.15) is 0 Å². The number of hydroxylamine groups is 2. The molecule has 10 heteroatoms. The lowest BCUT2D eigenvalue weighted by atomic mass is 10.3. The molecule has 0 spiro atoms. The molecule has 2 aliphatic heterocycles. The molecule has 0 unspecified atom stereocenters. The fraction of sp³-hybridized carbons (Fsp3) is 0.562. The van der Waals surface area contributed by atoms with Gasteiger partial charge in [0.1, 0.15) is 0 Å². The lowest BCUT2D eigenvalue weighted by Crippen LogP contribution is -2.33. The number of rotatable bonds is 11. The maximum atomic E-state index is 11.5. The third-order valence-corrected chi connectivity index (χ3v) is 3.60. The Morgan fingerprint density at radius 1 is 0.885 bits per heavy atom. The van der Waals surface area contributed by atoms with Crippen LogP contribution < -0.4 is 0 Å². The Bertz CT molecular complexity index is 581. The lowest BCUT2D eigenvalue weighted by Gasteiger charge is -2.13. The number of ether oxygens (including phenoxy) is 2. The second-order valence-electron chi connectivity index (χ2n) is 5.53. The summed E-state index contributed by atoms with van der Waals surface area (Å²) in [5, 5.41) is 0.516. The van der Waals surface area contributed by atoms with Gasteiger partial charge in [0.25, 0.3) is 23.6 Å². The number of imide groups is 2. The van der Waals surface area contributed by atoms with Crippen molar-refractivity contribution in [1.82, 2.24) is 9.96 Å². The summed E-state index contributed by atoms with van der Waals surface area (Å²) in [5.74, 6) is -2.38. The minimum Gasteiger partial charge on any atom is -0.379 e. The Kier molecular flexibility index (Phi) is 7.42. The minimum absolute atomic E-state index is 0.0180. The van der Waals surface area contributed by atoms with Gasteiger partial charge in [-0.25, -0.2) is 4.79 Å². The molecule has 0 aromatic carbocycles. The molecule has 0 bridgehead atoms. The predicted octanol–water partition coefficient (Wildman–Crippen LogP) is -0.668. The van der Waals surface area contributed by atoms with Crippen molar-refractivity contribution in [3.63, 3.8) is 0 Å². The van der Waals surface area contributed by atoms with Crippen molar-refractivity contribution in [1.29, 1.82) is 0 Å². The van der Waals surface area contributed by atoms with E-state index in [0.29, 0.717) is 11.5 Å². The van der Waals surface area contributed by atoms with E-state index in [1.807, 2.05) is 0 Å². The zero-order valence-electron chi connectivity index (χ0n) is 14.2. The van der Waals surface area contributed by atoms with E-state index in [0.717, 1.165) is 4.90 Å². The van der Waals surface area contributed by atoms with E-state index in [4.69, 9.17) is 14.3 Å². The maximum Gasteiger partial charge on any atom is 0.333 e. The van der Waals surface area contributed by atoms with Crippen molar-refractivity contribution >= 4 is 29.6 Å². The summed E-state index contributed by atoms with van der Waals surface area (Å²) in [4.78, 5) is 62.5. The number of hydrogen-bond donors (Lipinski definition) is 0. The van der Waals surface area contributed by atoms with Gasteiger partial charge in [-0.05, 0) is 6.42 Å². The van der Waals surface area contributed by atoms with Gasteiger partial charge in [0, 0.05) is 31.6 Å². The van der Waals surface area contributed by atoms with E-state index in [1.165, 1.54) is 12.2 Å². The van der Waals surface area contributed by atoms with Gasteiger partial charge in [-0.3, -0.25) is 24.1 Å². The van der Waals surface area contributed by atoms with Crippen LogP contribution in [0.25, 0.3) is 0 Å². The van der Waals surface area contributed by atoms with Gasteiger partial charge in [0.05, 0.1) is 32.8 Å². The van der Waals surface area contributed by atoms with Gasteiger partial charge < -0.3 is 14.3 Å². The lowest BCUT2D eigenvalue weighted by molar-refractivity contribution is -0.197. The third kappa shape index (κ3) is 5.74. The average molecular weight is 368 g/mol. The van der Waals surface area contributed by atoms with Crippen LogP contribution in [-0.4, -0.2) is 72.5 Å². The normalized spacial score (nSPS) is 16.9. The van der Waals surface area contributed by atoms with Gasteiger partial charge in [-0.1, -0.05) is 0 Å². The van der Waals surface area contributed by atoms with Crippen molar-refractivity contribution in [2.75, 3.05) is 33.0 Å². The Morgan fingerprint density at radius 2 is 1.46 bits per heavy atom. The zero-order chi connectivity index (χ0) is 18.9. The highest BCUT2D eigenvalue weighted by Crippen LogP contribution is 2.12. The standard InChI is InChI=1S/C16H20N2O8/c19-12-3-4-13(20)17(12)7-9-25-11-10-24-8-1-2-16(23)26-18-14(21)5-6-15(18)22/h3-4H,1-2,5-11H2. The maximum absolute atomic E-state index is 11.5. The van der Waals surface area contributed by atoms with Gasteiger partial charge in [0.15, 0.2) is 0 Å². The highest BCUT2D eigenvalue weighted by molar-refractivity contribution is 6.12. The minimum atomic E-state index is -0.665. The monoisotopic (exact) mass is 368 g/mol. The summed E-state index contributed by atoms with van der Waals surface area (Å²) in [7, 11) is 0. The summed E-state index contributed by atoms with van der Waals surface area (Å²) in [6.07, 6.45) is 2.94. The average Bonchev–Trinajstić information content (AvgIpc) is 3.10. The Morgan fingerprint density at radius 3 is 2.08 bits per heavy atom. The van der Waals surface area contributed by atoms with Crippen molar-refractivity contribution in [2.45, 2.75) is 25.7 Å². The predicted molar refractivity (Wildman–Crippen MR) is 83.9 cm³/mol. The van der Waals surface area contributed by atoms with Gasteiger partial charge in [0.2, 0.25) is 0 Å². The largest absolute Gasteiger partial charge is 0.379 e. The second-order valence-corrected chi connectivity index (χ2v) is 5.53. The van der Waals surface area contributed by atoms with E-state index < -0.39 is 17.8 Å². The van der Waals surface area contributed by atoms with E-state index in [2.05, 4.69) is 0 Å². The summed E-state index contributed by atoms with van der Waals surface area (Å²) < 4.78 is 10.5. The fourth-order valence-corrected chi connectivity index (χ4v) is 2.25. The SMILES string of the molecule is O=C(CCCOCCOCCN1C(=O)C=CC1=O)ON1C(=O)CCC1=O. The molecule has 2 aliphatic rings. The number of hydrogen-bond acceptors (Lipinski definition) is 8. The van der Waals surface area contributed by atoms with Crippen molar-refractivity contribution in [3.05, 3.63) is 12.2 Å². The molecule has 0 atom stereocenters. The highest BCUT2D eigenvalue weighted by atomic mass is 16.7. The number of carbonyl (C=O) groups excluding carboxylic acids is 5. The quantitative estimate of drug-likeness (QED) is 0.348. The van der Waals surface area contributed by atoms with Gasteiger partial charge in [-0.15, -0.1) is 5.06 Å². The molecule has 10 nitrogen and oxygen atoms in total. The van der Waals surface area contributed by atoms with Gasteiger partial charge >= 0.3 is 5.97 Å². The molecule has 142 valence electrons. The van der Waals surface area contributed by atoms with E-state index in [9.17, 15) is 24.0 Å². The first-order valence-corrected chi connectivity index (χ1v) is 8.24. The highest BCUT2D eigenvalue weighted by Gasteiger charge is 2.32. The zero-order valence-corrected chi connectivity index (χ0v) is 14.2. The number of carbonyl (C=O) groups is 5. The third-order valence-electron chi connectivity index (χ3n) is 3.60. The second kappa shape index (κ2) is 9.78. The number of nitrogens with zero attached hydrogens (tertiary/aromatic N) is 2. The van der Waals surface area contributed by atoms with Crippen LogP contribution in [0.4, 0.5) is 0 Å². The van der Waals surface area contributed by atoms with Crippen LogP contribution in [-0.2, 0) is 38.3 Å². The summed E-state index contributed by atoms with van der Waals surface area (Å²) >= 11 is 0.